The summed E-state index contributed by atoms with van der Waals surface area (Å²) < 4.78 is 11.0. The third kappa shape index (κ3) is 3.98. The van der Waals surface area contributed by atoms with Crippen LogP contribution in [0.25, 0.3) is 10.1 Å². The van der Waals surface area contributed by atoms with Crippen molar-refractivity contribution in [1.82, 2.24) is 4.98 Å². The Balaban J connectivity index is 1.76. The number of carbonyl (C=O) groups excluding carboxylic acids is 2. The number of carbonyl (C=O) groups is 2. The highest BCUT2D eigenvalue weighted by molar-refractivity contribution is 7.21. The number of rotatable bonds is 6. The van der Waals surface area contributed by atoms with E-state index in [1.807, 2.05) is 12.1 Å². The largest absolute Gasteiger partial charge is 0.497 e. The molecule has 0 aliphatic heterocycles. The van der Waals surface area contributed by atoms with Crippen molar-refractivity contribution in [2.24, 2.45) is 0 Å². The van der Waals surface area contributed by atoms with Crippen LogP contribution in [0, 0.1) is 0 Å². The fourth-order valence-corrected chi connectivity index (χ4v) is 4.37. The van der Waals surface area contributed by atoms with Gasteiger partial charge in [-0.15, -0.1) is 22.7 Å². The van der Waals surface area contributed by atoms with E-state index >= 15 is 0 Å². The van der Waals surface area contributed by atoms with Crippen LogP contribution in [-0.2, 0) is 16.0 Å². The number of anilines is 1. The molecule has 0 radical (unpaired) electrons. The second-order valence-corrected chi connectivity index (χ2v) is 7.48. The molecule has 0 aliphatic rings. The van der Waals surface area contributed by atoms with Gasteiger partial charge in [0.15, 0.2) is 5.13 Å². The second kappa shape index (κ2) is 8.03. The Morgan fingerprint density at radius 3 is 2.88 bits per heavy atom. The van der Waals surface area contributed by atoms with Gasteiger partial charge >= 0.3 is 5.97 Å². The number of thiophene rings is 1. The zero-order chi connectivity index (χ0) is 18.7. The van der Waals surface area contributed by atoms with Crippen LogP contribution in [0.4, 0.5) is 5.13 Å². The smallest absolute Gasteiger partial charge is 0.311 e. The highest BCUT2D eigenvalue weighted by atomic mass is 35.5. The minimum atomic E-state index is -0.350. The molecule has 1 N–H and O–H groups in total. The summed E-state index contributed by atoms with van der Waals surface area (Å²) in [5.41, 5.74) is 0.552. The van der Waals surface area contributed by atoms with Gasteiger partial charge in [-0.3, -0.25) is 14.9 Å². The van der Waals surface area contributed by atoms with Gasteiger partial charge in [0.05, 0.1) is 30.9 Å². The minimum Gasteiger partial charge on any atom is -0.497 e. The topological polar surface area (TPSA) is 77.5 Å². The quantitative estimate of drug-likeness (QED) is 0.610. The van der Waals surface area contributed by atoms with E-state index in [0.717, 1.165) is 10.1 Å². The van der Waals surface area contributed by atoms with Crippen molar-refractivity contribution in [3.8, 4) is 5.75 Å². The lowest BCUT2D eigenvalue weighted by Gasteiger charge is -2.00. The molecule has 6 nitrogen and oxygen atoms in total. The van der Waals surface area contributed by atoms with Crippen molar-refractivity contribution in [1.29, 1.82) is 0 Å². The van der Waals surface area contributed by atoms with Crippen LogP contribution in [0.5, 0.6) is 5.75 Å². The molecule has 2 aromatic heterocycles. The molecule has 0 unspecified atom stereocenters. The Morgan fingerprint density at radius 1 is 1.35 bits per heavy atom. The predicted octanol–water partition coefficient (Wildman–Crippen LogP) is 4.38. The number of halogens is 1. The first-order chi connectivity index (χ1) is 12.5. The fourth-order valence-electron chi connectivity index (χ4n) is 2.28. The van der Waals surface area contributed by atoms with E-state index in [4.69, 9.17) is 21.1 Å². The van der Waals surface area contributed by atoms with Gasteiger partial charge in [-0.25, -0.2) is 4.98 Å². The molecule has 0 atom stereocenters. The molecule has 0 fully saturated rings. The molecule has 0 bridgehead atoms. The van der Waals surface area contributed by atoms with Crippen molar-refractivity contribution >= 4 is 61.4 Å². The number of nitrogens with zero attached hydrogens (tertiary/aromatic N) is 1. The number of aromatic nitrogens is 1. The van der Waals surface area contributed by atoms with E-state index in [9.17, 15) is 9.59 Å². The third-order valence-corrected chi connectivity index (χ3v) is 5.92. The van der Waals surface area contributed by atoms with Crippen LogP contribution in [0.3, 0.4) is 0 Å². The van der Waals surface area contributed by atoms with Gasteiger partial charge in [0.25, 0.3) is 5.91 Å². The fraction of sp³-hybridized carbons (Fsp3) is 0.235. The maximum absolute atomic E-state index is 12.6. The average Bonchev–Trinajstić information content (AvgIpc) is 3.19. The van der Waals surface area contributed by atoms with Crippen molar-refractivity contribution in [2.45, 2.75) is 13.3 Å². The van der Waals surface area contributed by atoms with Gasteiger partial charge in [-0.2, -0.15) is 0 Å². The average molecular weight is 411 g/mol. The zero-order valence-corrected chi connectivity index (χ0v) is 16.4. The summed E-state index contributed by atoms with van der Waals surface area (Å²) in [6.45, 7) is 2.07. The van der Waals surface area contributed by atoms with E-state index < -0.39 is 0 Å². The van der Waals surface area contributed by atoms with Crippen molar-refractivity contribution in [2.75, 3.05) is 19.0 Å². The first-order valence-electron chi connectivity index (χ1n) is 7.69. The highest BCUT2D eigenvalue weighted by Gasteiger charge is 2.19. The minimum absolute atomic E-state index is 0.0731. The van der Waals surface area contributed by atoms with Gasteiger partial charge in [-0.1, -0.05) is 11.6 Å². The van der Waals surface area contributed by atoms with Crippen LogP contribution in [0.15, 0.2) is 23.6 Å². The molecular formula is C17H15ClN2O4S2. The zero-order valence-electron chi connectivity index (χ0n) is 14.0. The van der Waals surface area contributed by atoms with Gasteiger partial charge < -0.3 is 9.47 Å². The molecule has 0 aliphatic carbocycles. The van der Waals surface area contributed by atoms with Crippen LogP contribution in [0.2, 0.25) is 5.02 Å². The van der Waals surface area contributed by atoms with Gasteiger partial charge in [0.1, 0.15) is 10.6 Å². The Hall–Kier alpha value is -2.16. The molecule has 3 aromatic rings. The molecule has 1 aromatic carbocycles. The highest BCUT2D eigenvalue weighted by Crippen LogP contribution is 2.37. The second-order valence-electron chi connectivity index (χ2n) is 5.19. The Morgan fingerprint density at radius 2 is 2.15 bits per heavy atom. The summed E-state index contributed by atoms with van der Waals surface area (Å²) >= 11 is 8.91. The van der Waals surface area contributed by atoms with Gasteiger partial charge in [0.2, 0.25) is 0 Å². The molecular weight excluding hydrogens is 396 g/mol. The number of esters is 1. The van der Waals surface area contributed by atoms with Crippen molar-refractivity contribution < 1.29 is 19.1 Å². The van der Waals surface area contributed by atoms with Gasteiger partial charge in [0, 0.05) is 15.5 Å². The Kier molecular flexibility index (Phi) is 5.75. The number of benzene rings is 1. The number of methoxy groups -OCH3 is 1. The summed E-state index contributed by atoms with van der Waals surface area (Å²) in [7, 11) is 1.57. The molecule has 136 valence electrons. The third-order valence-electron chi connectivity index (χ3n) is 3.44. The Bertz CT molecular complexity index is 967. The van der Waals surface area contributed by atoms with Crippen LogP contribution in [0.1, 0.15) is 22.3 Å². The van der Waals surface area contributed by atoms with Crippen molar-refractivity contribution in [3.05, 3.63) is 39.2 Å². The van der Waals surface area contributed by atoms with E-state index in [-0.39, 0.29) is 18.3 Å². The first kappa shape index (κ1) is 18.6. The van der Waals surface area contributed by atoms with Crippen LogP contribution < -0.4 is 10.1 Å². The molecule has 2 heterocycles. The maximum Gasteiger partial charge on any atom is 0.311 e. The number of nitrogens with one attached hydrogen (secondary N) is 1. The summed E-state index contributed by atoms with van der Waals surface area (Å²) in [5, 5.41) is 5.99. The summed E-state index contributed by atoms with van der Waals surface area (Å²) in [5.74, 6) is -0.0166. The summed E-state index contributed by atoms with van der Waals surface area (Å²) in [4.78, 5) is 28.7. The number of fused-ring (bicyclic) bond motifs is 1. The molecule has 26 heavy (non-hydrogen) atoms. The molecule has 1 amide bonds. The molecule has 3 rings (SSSR count). The maximum atomic E-state index is 12.6. The van der Waals surface area contributed by atoms with Crippen molar-refractivity contribution in [3.63, 3.8) is 0 Å². The summed E-state index contributed by atoms with van der Waals surface area (Å²) in [6.07, 6.45) is 0.0731. The summed E-state index contributed by atoms with van der Waals surface area (Å²) in [6, 6.07) is 5.48. The Labute approximate surface area is 162 Å². The van der Waals surface area contributed by atoms with Crippen LogP contribution in [-0.4, -0.2) is 30.6 Å². The number of hydrogen-bond donors (Lipinski definition) is 1. The number of amides is 1. The normalized spacial score (nSPS) is 10.7. The van der Waals surface area contributed by atoms with Crippen LogP contribution >= 0.6 is 34.3 Å². The van der Waals surface area contributed by atoms with E-state index in [1.54, 1.807) is 25.5 Å². The lowest BCUT2D eigenvalue weighted by Crippen LogP contribution is -2.11. The standard InChI is InChI=1S/C17H15ClN2O4S2/c1-3-24-13(21)6-9-8-25-17(19-9)20-16(22)15-14(18)11-7-10(23-2)4-5-12(11)26-15/h4-5,7-8H,3,6H2,1-2H3,(H,19,20,22). The number of thiazole rings is 1. The first-order valence-corrected chi connectivity index (χ1v) is 9.76. The monoisotopic (exact) mass is 410 g/mol. The molecule has 0 saturated carbocycles. The van der Waals surface area contributed by atoms with E-state index in [0.29, 0.717) is 33.1 Å². The number of hydrogen-bond acceptors (Lipinski definition) is 7. The van der Waals surface area contributed by atoms with E-state index in [2.05, 4.69) is 10.3 Å². The molecule has 9 heteroatoms. The lowest BCUT2D eigenvalue weighted by molar-refractivity contribution is -0.142. The molecule has 0 saturated heterocycles. The van der Waals surface area contributed by atoms with E-state index in [1.165, 1.54) is 22.7 Å². The van der Waals surface area contributed by atoms with Gasteiger partial charge in [-0.05, 0) is 25.1 Å². The number of ether oxygens (including phenoxy) is 2. The lowest BCUT2D eigenvalue weighted by atomic mass is 10.2. The SMILES string of the molecule is CCOC(=O)Cc1csc(NC(=O)c2sc3ccc(OC)cc3c2Cl)n1. The predicted molar refractivity (Wildman–Crippen MR) is 104 cm³/mol. The molecule has 0 spiro atoms.